The number of anilines is 1. The molecule has 0 fully saturated rings. The molecule has 0 spiro atoms. The van der Waals surface area contributed by atoms with Crippen molar-refractivity contribution in [1.82, 2.24) is 0 Å². The summed E-state index contributed by atoms with van der Waals surface area (Å²) in [6.45, 7) is 0. The van der Waals surface area contributed by atoms with Gasteiger partial charge in [-0.2, -0.15) is 5.10 Å². The van der Waals surface area contributed by atoms with E-state index >= 15 is 0 Å². The Morgan fingerprint density at radius 3 is 2.65 bits per heavy atom. The second kappa shape index (κ2) is 4.98. The Morgan fingerprint density at radius 2 is 2.06 bits per heavy atom. The highest BCUT2D eigenvalue weighted by molar-refractivity contribution is 5.88. The fourth-order valence-corrected chi connectivity index (χ4v) is 1.22. The minimum Gasteiger partial charge on any atom is -0.478 e. The molecule has 1 heterocycles. The van der Waals surface area contributed by atoms with Crippen LogP contribution in [0.5, 0.6) is 0 Å². The number of aromatic carboxylic acids is 1. The van der Waals surface area contributed by atoms with E-state index in [0.29, 0.717) is 11.4 Å². The third-order valence-electron chi connectivity index (χ3n) is 2.06. The molecule has 0 aliphatic heterocycles. The summed E-state index contributed by atoms with van der Waals surface area (Å²) in [4.78, 5) is 10.6. The summed E-state index contributed by atoms with van der Waals surface area (Å²) in [5.74, 6) is -0.310. The number of benzene rings is 1. The summed E-state index contributed by atoms with van der Waals surface area (Å²) in [6.07, 6.45) is 3.09. The Bertz CT molecular complexity index is 515. The Balaban J connectivity index is 1.97. The summed E-state index contributed by atoms with van der Waals surface area (Å²) < 4.78 is 5.05. The maximum atomic E-state index is 10.6. The van der Waals surface area contributed by atoms with Crippen LogP contribution in [0.25, 0.3) is 0 Å². The molecule has 17 heavy (non-hydrogen) atoms. The van der Waals surface area contributed by atoms with Crippen LogP contribution in [-0.4, -0.2) is 17.3 Å². The fraction of sp³-hybridized carbons (Fsp3) is 0. The first-order valence-electron chi connectivity index (χ1n) is 4.91. The molecule has 86 valence electrons. The van der Waals surface area contributed by atoms with E-state index in [9.17, 15) is 4.79 Å². The number of carboxylic acids is 1. The van der Waals surface area contributed by atoms with Gasteiger partial charge in [0.25, 0.3) is 0 Å². The van der Waals surface area contributed by atoms with Gasteiger partial charge in [0.1, 0.15) is 5.76 Å². The molecular weight excluding hydrogens is 220 g/mol. The lowest BCUT2D eigenvalue weighted by atomic mass is 10.2. The van der Waals surface area contributed by atoms with Crippen LogP contribution in [0.3, 0.4) is 0 Å². The van der Waals surface area contributed by atoms with Crippen molar-refractivity contribution in [3.63, 3.8) is 0 Å². The molecule has 1 aromatic carbocycles. The second-order valence-electron chi connectivity index (χ2n) is 3.27. The van der Waals surface area contributed by atoms with E-state index < -0.39 is 5.97 Å². The molecule has 0 radical (unpaired) electrons. The van der Waals surface area contributed by atoms with Crippen LogP contribution in [0.15, 0.2) is 52.2 Å². The lowest BCUT2D eigenvalue weighted by Gasteiger charge is -1.99. The third-order valence-corrected chi connectivity index (χ3v) is 2.06. The van der Waals surface area contributed by atoms with Crippen LogP contribution >= 0.6 is 0 Å². The molecule has 1 aromatic heterocycles. The number of nitrogens with zero attached hydrogens (tertiary/aromatic N) is 1. The summed E-state index contributed by atoms with van der Waals surface area (Å²) in [5.41, 5.74) is 3.71. The average molecular weight is 230 g/mol. The standard InChI is InChI=1S/C12H10N2O3/c15-12(16)9-3-5-10(6-4-9)14-13-8-11-2-1-7-17-11/h1-8,14H,(H,15,16). The number of rotatable bonds is 4. The highest BCUT2D eigenvalue weighted by Crippen LogP contribution is 2.09. The number of carboxylic acid groups (broad SMARTS) is 1. The monoisotopic (exact) mass is 230 g/mol. The summed E-state index contributed by atoms with van der Waals surface area (Å²) >= 11 is 0. The first-order chi connectivity index (χ1) is 8.25. The summed E-state index contributed by atoms with van der Waals surface area (Å²) in [5, 5.41) is 12.7. The highest BCUT2D eigenvalue weighted by atomic mass is 16.4. The summed E-state index contributed by atoms with van der Waals surface area (Å²) in [6, 6.07) is 9.84. The first kappa shape index (κ1) is 10.9. The van der Waals surface area contributed by atoms with Gasteiger partial charge in [-0.3, -0.25) is 5.43 Å². The number of furan rings is 1. The highest BCUT2D eigenvalue weighted by Gasteiger charge is 2.00. The van der Waals surface area contributed by atoms with Crippen molar-refractivity contribution in [2.75, 3.05) is 5.43 Å². The Labute approximate surface area is 97.4 Å². The van der Waals surface area contributed by atoms with Crippen LogP contribution in [0.1, 0.15) is 16.1 Å². The zero-order valence-corrected chi connectivity index (χ0v) is 8.83. The molecule has 2 aromatic rings. The van der Waals surface area contributed by atoms with Crippen molar-refractivity contribution in [2.45, 2.75) is 0 Å². The molecule has 0 bridgehead atoms. The van der Waals surface area contributed by atoms with Gasteiger partial charge in [-0.1, -0.05) is 0 Å². The molecule has 0 unspecified atom stereocenters. The zero-order chi connectivity index (χ0) is 12.1. The van der Waals surface area contributed by atoms with E-state index in [1.165, 1.54) is 18.3 Å². The van der Waals surface area contributed by atoms with Crippen molar-refractivity contribution in [1.29, 1.82) is 0 Å². The molecule has 2 rings (SSSR count). The van der Waals surface area contributed by atoms with E-state index in [2.05, 4.69) is 10.5 Å². The van der Waals surface area contributed by atoms with E-state index in [4.69, 9.17) is 9.52 Å². The second-order valence-corrected chi connectivity index (χ2v) is 3.27. The van der Waals surface area contributed by atoms with Gasteiger partial charge in [-0.15, -0.1) is 0 Å². The van der Waals surface area contributed by atoms with E-state index in [-0.39, 0.29) is 5.56 Å². The molecule has 0 atom stereocenters. The van der Waals surface area contributed by atoms with Gasteiger partial charge in [-0.05, 0) is 36.4 Å². The molecule has 5 heteroatoms. The predicted octanol–water partition coefficient (Wildman–Crippen LogP) is 2.42. The lowest BCUT2D eigenvalue weighted by Crippen LogP contribution is -1.96. The molecule has 0 saturated heterocycles. The Hall–Kier alpha value is -2.56. The van der Waals surface area contributed by atoms with Crippen molar-refractivity contribution < 1.29 is 14.3 Å². The van der Waals surface area contributed by atoms with Gasteiger partial charge in [0.2, 0.25) is 0 Å². The first-order valence-corrected chi connectivity index (χ1v) is 4.91. The van der Waals surface area contributed by atoms with Gasteiger partial charge < -0.3 is 9.52 Å². The van der Waals surface area contributed by atoms with E-state index in [1.807, 2.05) is 0 Å². The molecule has 0 amide bonds. The fourth-order valence-electron chi connectivity index (χ4n) is 1.22. The molecule has 2 N–H and O–H groups in total. The van der Waals surface area contributed by atoms with Crippen LogP contribution in [0.4, 0.5) is 5.69 Å². The van der Waals surface area contributed by atoms with Crippen LogP contribution in [0.2, 0.25) is 0 Å². The molecule has 0 saturated carbocycles. The van der Waals surface area contributed by atoms with Crippen molar-refractivity contribution >= 4 is 17.9 Å². The van der Waals surface area contributed by atoms with Gasteiger partial charge in [0, 0.05) is 0 Å². The van der Waals surface area contributed by atoms with E-state index in [0.717, 1.165) is 0 Å². The molecule has 0 aliphatic carbocycles. The van der Waals surface area contributed by atoms with Crippen molar-refractivity contribution in [3.05, 3.63) is 54.0 Å². The predicted molar refractivity (Wildman–Crippen MR) is 63.3 cm³/mol. The largest absolute Gasteiger partial charge is 0.478 e. The number of nitrogens with one attached hydrogen (secondary N) is 1. The van der Waals surface area contributed by atoms with Gasteiger partial charge in [-0.25, -0.2) is 4.79 Å². The molecular formula is C12H10N2O3. The Morgan fingerprint density at radius 1 is 1.29 bits per heavy atom. The Kier molecular flexibility index (Phi) is 3.20. The molecule has 5 nitrogen and oxygen atoms in total. The van der Waals surface area contributed by atoms with Crippen molar-refractivity contribution in [2.24, 2.45) is 5.10 Å². The maximum Gasteiger partial charge on any atom is 0.335 e. The number of hydrogen-bond acceptors (Lipinski definition) is 4. The average Bonchev–Trinajstić information content (AvgIpc) is 2.83. The lowest BCUT2D eigenvalue weighted by molar-refractivity contribution is 0.0697. The van der Waals surface area contributed by atoms with Crippen molar-refractivity contribution in [3.8, 4) is 0 Å². The number of hydrazone groups is 1. The number of carbonyl (C=O) groups is 1. The smallest absolute Gasteiger partial charge is 0.335 e. The topological polar surface area (TPSA) is 74.8 Å². The SMILES string of the molecule is O=C(O)c1ccc(NN=Cc2ccco2)cc1. The zero-order valence-electron chi connectivity index (χ0n) is 8.83. The van der Waals surface area contributed by atoms with Crippen LogP contribution < -0.4 is 5.43 Å². The number of hydrogen-bond donors (Lipinski definition) is 2. The molecule has 0 aliphatic rings. The van der Waals surface area contributed by atoms with Crippen LogP contribution in [0, 0.1) is 0 Å². The third kappa shape index (κ3) is 2.94. The summed E-state index contributed by atoms with van der Waals surface area (Å²) in [7, 11) is 0. The minimum absolute atomic E-state index is 0.241. The maximum absolute atomic E-state index is 10.6. The normalized spacial score (nSPS) is 10.6. The van der Waals surface area contributed by atoms with Crippen LogP contribution in [-0.2, 0) is 0 Å². The quantitative estimate of drug-likeness (QED) is 0.624. The van der Waals surface area contributed by atoms with Gasteiger partial charge in [0.05, 0.1) is 23.7 Å². The van der Waals surface area contributed by atoms with Gasteiger partial charge in [0.15, 0.2) is 0 Å². The minimum atomic E-state index is -0.948. The van der Waals surface area contributed by atoms with Gasteiger partial charge >= 0.3 is 5.97 Å². The van der Waals surface area contributed by atoms with E-state index in [1.54, 1.807) is 30.5 Å².